The zero-order chi connectivity index (χ0) is 18.6. The van der Waals surface area contributed by atoms with Crippen LogP contribution in [0.15, 0.2) is 18.2 Å². The van der Waals surface area contributed by atoms with Crippen LogP contribution in [0.2, 0.25) is 5.02 Å². The van der Waals surface area contributed by atoms with Crippen LogP contribution < -0.4 is 10.2 Å². The van der Waals surface area contributed by atoms with Gasteiger partial charge in [-0.1, -0.05) is 11.6 Å². The Balaban J connectivity index is 1.90. The quantitative estimate of drug-likeness (QED) is 0.625. The number of amides is 1. The molecule has 0 saturated carbocycles. The molecule has 0 unspecified atom stereocenters. The normalized spacial score (nSPS) is 15.9. The monoisotopic (exact) mass is 380 g/mol. The zero-order valence-electron chi connectivity index (χ0n) is 13.1. The summed E-state index contributed by atoms with van der Waals surface area (Å²) in [7, 11) is 0. The first-order valence-corrected chi connectivity index (χ1v) is 7.78. The van der Waals surface area contributed by atoms with Crippen molar-refractivity contribution in [3.05, 3.63) is 33.3 Å². The first-order chi connectivity index (χ1) is 11.7. The molecule has 1 aliphatic rings. The van der Waals surface area contributed by atoms with E-state index in [1.165, 1.54) is 6.07 Å². The Kier molecular flexibility index (Phi) is 6.07. The maximum Gasteiger partial charge on any atom is 0.405 e. The molecule has 1 aromatic carbocycles. The zero-order valence-corrected chi connectivity index (χ0v) is 13.8. The number of nitro benzene ring substituents is 1. The topological polar surface area (TPSA) is 78.7 Å². The average Bonchev–Trinajstić information content (AvgIpc) is 2.53. The summed E-state index contributed by atoms with van der Waals surface area (Å²) >= 11 is 5.79. The first kappa shape index (κ1) is 19.3. The SMILES string of the molecule is O=C(CN1CCN(c2ccc(Cl)cc2[N+](=O)[O-])CC1)NCC(F)(F)F. The minimum absolute atomic E-state index is 0.108. The van der Waals surface area contributed by atoms with Crippen LogP contribution in [-0.4, -0.2) is 61.2 Å². The number of benzene rings is 1. The Bertz CT molecular complexity index is 649. The fourth-order valence-corrected chi connectivity index (χ4v) is 2.68. The number of carbonyl (C=O) groups is 1. The molecule has 1 fully saturated rings. The molecular weight excluding hydrogens is 365 g/mol. The lowest BCUT2D eigenvalue weighted by Crippen LogP contribution is -2.50. The summed E-state index contributed by atoms with van der Waals surface area (Å²) in [5, 5.41) is 13.2. The van der Waals surface area contributed by atoms with E-state index >= 15 is 0 Å². The van der Waals surface area contributed by atoms with Gasteiger partial charge in [-0.05, 0) is 12.1 Å². The van der Waals surface area contributed by atoms with E-state index in [4.69, 9.17) is 11.6 Å². The van der Waals surface area contributed by atoms with E-state index < -0.39 is 23.6 Å². The molecular formula is C14H16ClF3N4O3. The highest BCUT2D eigenvalue weighted by Crippen LogP contribution is 2.31. The summed E-state index contributed by atoms with van der Waals surface area (Å²) in [5.74, 6) is -0.705. The van der Waals surface area contributed by atoms with Crippen LogP contribution in [0, 0.1) is 10.1 Å². The van der Waals surface area contributed by atoms with Gasteiger partial charge in [0.15, 0.2) is 0 Å². The highest BCUT2D eigenvalue weighted by Gasteiger charge is 2.29. The van der Waals surface area contributed by atoms with Crippen LogP contribution in [0.4, 0.5) is 24.5 Å². The Morgan fingerprint density at radius 3 is 2.48 bits per heavy atom. The van der Waals surface area contributed by atoms with Crippen molar-refractivity contribution in [2.75, 3.05) is 44.2 Å². The first-order valence-electron chi connectivity index (χ1n) is 7.40. The maximum atomic E-state index is 12.1. The molecule has 25 heavy (non-hydrogen) atoms. The van der Waals surface area contributed by atoms with Gasteiger partial charge in [-0.3, -0.25) is 19.8 Å². The van der Waals surface area contributed by atoms with Gasteiger partial charge in [0.25, 0.3) is 5.69 Å². The molecule has 1 aliphatic heterocycles. The van der Waals surface area contributed by atoms with Crippen molar-refractivity contribution in [2.24, 2.45) is 0 Å². The van der Waals surface area contributed by atoms with Crippen molar-refractivity contribution in [1.29, 1.82) is 0 Å². The van der Waals surface area contributed by atoms with Gasteiger partial charge in [-0.25, -0.2) is 0 Å². The fourth-order valence-electron chi connectivity index (χ4n) is 2.51. The Labute approximate surface area is 146 Å². The van der Waals surface area contributed by atoms with Crippen molar-refractivity contribution < 1.29 is 22.9 Å². The summed E-state index contributed by atoms with van der Waals surface area (Å²) in [5.41, 5.74) is 0.319. The maximum absolute atomic E-state index is 12.1. The van der Waals surface area contributed by atoms with E-state index in [0.29, 0.717) is 31.9 Å². The third kappa shape index (κ3) is 5.75. The van der Waals surface area contributed by atoms with E-state index in [-0.39, 0.29) is 17.3 Å². The number of alkyl halides is 3. The number of rotatable bonds is 5. The molecule has 1 saturated heterocycles. The number of anilines is 1. The second kappa shape index (κ2) is 7.87. The van der Waals surface area contributed by atoms with Crippen LogP contribution in [0.5, 0.6) is 0 Å². The standard InChI is InChI=1S/C14H16ClF3N4O3/c15-10-1-2-11(12(7-10)22(24)25)21-5-3-20(4-6-21)8-13(23)19-9-14(16,17)18/h1-2,7H,3-6,8-9H2,(H,19,23). The summed E-state index contributed by atoms with van der Waals surface area (Å²) in [6, 6.07) is 4.39. The number of halogens is 4. The van der Waals surface area contributed by atoms with Crippen LogP contribution in [0.25, 0.3) is 0 Å². The largest absolute Gasteiger partial charge is 0.405 e. The molecule has 0 atom stereocenters. The van der Waals surface area contributed by atoms with Crippen LogP contribution in [0.3, 0.4) is 0 Å². The summed E-state index contributed by atoms with van der Waals surface area (Å²) in [6.07, 6.45) is -4.44. The predicted molar refractivity (Wildman–Crippen MR) is 85.8 cm³/mol. The van der Waals surface area contributed by atoms with Crippen molar-refractivity contribution >= 4 is 28.9 Å². The summed E-state index contributed by atoms with van der Waals surface area (Å²) in [4.78, 5) is 25.6. The molecule has 0 aromatic heterocycles. The number of hydrogen-bond acceptors (Lipinski definition) is 5. The molecule has 0 spiro atoms. The summed E-state index contributed by atoms with van der Waals surface area (Å²) < 4.78 is 36.2. The van der Waals surface area contributed by atoms with Crippen molar-refractivity contribution in [3.8, 4) is 0 Å². The lowest BCUT2D eigenvalue weighted by atomic mass is 10.2. The number of nitrogens with zero attached hydrogens (tertiary/aromatic N) is 3. The highest BCUT2D eigenvalue weighted by molar-refractivity contribution is 6.30. The molecule has 0 aliphatic carbocycles. The molecule has 0 bridgehead atoms. The van der Waals surface area contributed by atoms with E-state index in [1.807, 2.05) is 5.32 Å². The highest BCUT2D eigenvalue weighted by atomic mass is 35.5. The Hall–Kier alpha value is -2.07. The van der Waals surface area contributed by atoms with E-state index in [0.717, 1.165) is 0 Å². The fraction of sp³-hybridized carbons (Fsp3) is 0.500. The smallest absolute Gasteiger partial charge is 0.363 e. The number of hydrogen-bond donors (Lipinski definition) is 1. The third-order valence-corrected chi connectivity index (χ3v) is 3.94. The minimum Gasteiger partial charge on any atom is -0.363 e. The molecule has 2 rings (SSSR count). The molecule has 1 aromatic rings. The van der Waals surface area contributed by atoms with E-state index in [1.54, 1.807) is 21.9 Å². The van der Waals surface area contributed by atoms with Crippen LogP contribution in [-0.2, 0) is 4.79 Å². The molecule has 0 radical (unpaired) electrons. The van der Waals surface area contributed by atoms with Gasteiger partial charge >= 0.3 is 6.18 Å². The van der Waals surface area contributed by atoms with E-state index in [2.05, 4.69) is 0 Å². The second-order valence-corrected chi connectivity index (χ2v) is 5.98. The number of nitro groups is 1. The van der Waals surface area contributed by atoms with Crippen LogP contribution >= 0.6 is 11.6 Å². The Morgan fingerprint density at radius 1 is 1.28 bits per heavy atom. The second-order valence-electron chi connectivity index (χ2n) is 5.55. The molecule has 138 valence electrons. The van der Waals surface area contributed by atoms with Gasteiger partial charge in [0.1, 0.15) is 12.2 Å². The molecule has 7 nitrogen and oxygen atoms in total. The van der Waals surface area contributed by atoms with Gasteiger partial charge in [0, 0.05) is 37.3 Å². The van der Waals surface area contributed by atoms with Crippen molar-refractivity contribution in [3.63, 3.8) is 0 Å². The minimum atomic E-state index is -4.44. The molecule has 1 amide bonds. The lowest BCUT2D eigenvalue weighted by molar-refractivity contribution is -0.384. The van der Waals surface area contributed by atoms with Crippen molar-refractivity contribution in [2.45, 2.75) is 6.18 Å². The third-order valence-electron chi connectivity index (χ3n) is 3.70. The molecule has 11 heteroatoms. The van der Waals surface area contributed by atoms with Crippen molar-refractivity contribution in [1.82, 2.24) is 10.2 Å². The number of nitrogens with one attached hydrogen (secondary N) is 1. The Morgan fingerprint density at radius 2 is 1.92 bits per heavy atom. The van der Waals surface area contributed by atoms with Crippen LogP contribution in [0.1, 0.15) is 0 Å². The lowest BCUT2D eigenvalue weighted by Gasteiger charge is -2.35. The molecule has 1 N–H and O–H groups in total. The van der Waals surface area contributed by atoms with Gasteiger partial charge < -0.3 is 10.2 Å². The summed E-state index contributed by atoms with van der Waals surface area (Å²) in [6.45, 7) is 0.123. The average molecular weight is 381 g/mol. The predicted octanol–water partition coefficient (Wildman–Crippen LogP) is 2.05. The van der Waals surface area contributed by atoms with Gasteiger partial charge in [0.2, 0.25) is 5.91 Å². The van der Waals surface area contributed by atoms with Gasteiger partial charge in [-0.15, -0.1) is 0 Å². The molecule has 1 heterocycles. The number of carbonyl (C=O) groups excluding carboxylic acids is 1. The number of piperazine rings is 1. The van der Waals surface area contributed by atoms with Gasteiger partial charge in [-0.2, -0.15) is 13.2 Å². The van der Waals surface area contributed by atoms with Gasteiger partial charge in [0.05, 0.1) is 11.5 Å². The van der Waals surface area contributed by atoms with E-state index in [9.17, 15) is 28.1 Å².